The summed E-state index contributed by atoms with van der Waals surface area (Å²) in [5, 5.41) is 2.85. The molecule has 20 heavy (non-hydrogen) atoms. The van der Waals surface area contributed by atoms with Gasteiger partial charge in [0.25, 0.3) is 5.91 Å². The molecule has 0 saturated heterocycles. The normalized spacial score (nSPS) is 10.6. The molecule has 0 fully saturated rings. The molecule has 5 heteroatoms. The van der Waals surface area contributed by atoms with Crippen LogP contribution in [0.3, 0.4) is 0 Å². The molecular weight excluding hydrogens is 318 g/mol. The van der Waals surface area contributed by atoms with Crippen molar-refractivity contribution in [3.63, 3.8) is 0 Å². The fourth-order valence-electron chi connectivity index (χ4n) is 1.80. The SMILES string of the molecule is CN(C)Cc1ccc(NC(=O)c2cncc(Br)c2)cc1. The molecule has 1 amide bonds. The number of carbonyl (C=O) groups is 1. The number of hydrogen-bond donors (Lipinski definition) is 1. The lowest BCUT2D eigenvalue weighted by Crippen LogP contribution is -2.13. The standard InChI is InChI=1S/C15H16BrN3O/c1-19(2)10-11-3-5-14(6-4-11)18-15(20)12-7-13(16)9-17-8-12/h3-9H,10H2,1-2H3,(H,18,20). The van der Waals surface area contributed by atoms with Crippen LogP contribution in [0.4, 0.5) is 5.69 Å². The van der Waals surface area contributed by atoms with Gasteiger partial charge in [-0.05, 0) is 53.8 Å². The Bertz CT molecular complexity index is 596. The molecule has 0 saturated carbocycles. The van der Waals surface area contributed by atoms with Gasteiger partial charge in [-0.3, -0.25) is 9.78 Å². The lowest BCUT2D eigenvalue weighted by atomic mass is 10.2. The van der Waals surface area contributed by atoms with Crippen molar-refractivity contribution in [2.75, 3.05) is 19.4 Å². The van der Waals surface area contributed by atoms with Gasteiger partial charge in [0.15, 0.2) is 0 Å². The number of benzene rings is 1. The largest absolute Gasteiger partial charge is 0.322 e. The van der Waals surface area contributed by atoms with Crippen molar-refractivity contribution in [3.05, 3.63) is 58.3 Å². The van der Waals surface area contributed by atoms with Gasteiger partial charge in [-0.25, -0.2) is 0 Å². The Morgan fingerprint density at radius 1 is 1.25 bits per heavy atom. The summed E-state index contributed by atoms with van der Waals surface area (Å²) >= 11 is 3.30. The Balaban J connectivity index is 2.04. The van der Waals surface area contributed by atoms with Crippen LogP contribution in [0.25, 0.3) is 0 Å². The molecule has 0 unspecified atom stereocenters. The van der Waals surface area contributed by atoms with Crippen LogP contribution < -0.4 is 5.32 Å². The summed E-state index contributed by atoms with van der Waals surface area (Å²) in [5.74, 6) is -0.167. The highest BCUT2D eigenvalue weighted by Crippen LogP contribution is 2.14. The van der Waals surface area contributed by atoms with Crippen LogP contribution in [0.15, 0.2) is 47.2 Å². The van der Waals surface area contributed by atoms with Crippen LogP contribution in [-0.4, -0.2) is 29.9 Å². The number of aromatic nitrogens is 1. The minimum Gasteiger partial charge on any atom is -0.322 e. The topological polar surface area (TPSA) is 45.2 Å². The zero-order chi connectivity index (χ0) is 14.5. The van der Waals surface area contributed by atoms with Crippen LogP contribution in [0.1, 0.15) is 15.9 Å². The van der Waals surface area contributed by atoms with Crippen molar-refractivity contribution in [1.29, 1.82) is 0 Å². The van der Waals surface area contributed by atoms with E-state index in [1.54, 1.807) is 18.5 Å². The summed E-state index contributed by atoms with van der Waals surface area (Å²) in [6, 6.07) is 9.57. The first kappa shape index (κ1) is 14.7. The van der Waals surface area contributed by atoms with Crippen molar-refractivity contribution in [2.45, 2.75) is 6.54 Å². The molecule has 4 nitrogen and oxygen atoms in total. The van der Waals surface area contributed by atoms with Crippen molar-refractivity contribution in [1.82, 2.24) is 9.88 Å². The molecule has 1 aromatic heterocycles. The molecule has 0 aliphatic rings. The number of halogens is 1. The maximum atomic E-state index is 12.0. The first-order valence-corrected chi connectivity index (χ1v) is 6.99. The van der Waals surface area contributed by atoms with E-state index in [9.17, 15) is 4.79 Å². The van der Waals surface area contributed by atoms with Crippen LogP contribution in [0, 0.1) is 0 Å². The number of carbonyl (C=O) groups excluding carboxylic acids is 1. The molecule has 1 heterocycles. The number of amides is 1. The van der Waals surface area contributed by atoms with E-state index < -0.39 is 0 Å². The van der Waals surface area contributed by atoms with E-state index in [1.807, 2.05) is 38.4 Å². The molecule has 0 aliphatic heterocycles. The van der Waals surface area contributed by atoms with Gasteiger partial charge in [-0.1, -0.05) is 12.1 Å². The molecular formula is C15H16BrN3O. The summed E-state index contributed by atoms with van der Waals surface area (Å²) in [6.07, 6.45) is 3.19. The van der Waals surface area contributed by atoms with Crippen LogP contribution in [0.2, 0.25) is 0 Å². The van der Waals surface area contributed by atoms with Crippen LogP contribution >= 0.6 is 15.9 Å². The van der Waals surface area contributed by atoms with Gasteiger partial charge < -0.3 is 10.2 Å². The smallest absolute Gasteiger partial charge is 0.257 e. The maximum Gasteiger partial charge on any atom is 0.257 e. The highest BCUT2D eigenvalue weighted by molar-refractivity contribution is 9.10. The molecule has 0 radical (unpaired) electrons. The first-order valence-electron chi connectivity index (χ1n) is 6.20. The van der Waals surface area contributed by atoms with E-state index in [0.29, 0.717) is 5.56 Å². The third-order valence-corrected chi connectivity index (χ3v) is 3.11. The first-order chi connectivity index (χ1) is 9.54. The molecule has 1 N–H and O–H groups in total. The van der Waals surface area contributed by atoms with Gasteiger partial charge >= 0.3 is 0 Å². The average molecular weight is 334 g/mol. The van der Waals surface area contributed by atoms with Gasteiger partial charge in [0.1, 0.15) is 0 Å². The third-order valence-electron chi connectivity index (χ3n) is 2.68. The second kappa shape index (κ2) is 6.63. The zero-order valence-electron chi connectivity index (χ0n) is 11.4. The van der Waals surface area contributed by atoms with Crippen molar-refractivity contribution in [3.8, 4) is 0 Å². The summed E-state index contributed by atoms with van der Waals surface area (Å²) in [7, 11) is 4.05. The van der Waals surface area contributed by atoms with E-state index in [0.717, 1.165) is 16.7 Å². The summed E-state index contributed by atoms with van der Waals surface area (Å²) in [6.45, 7) is 0.879. The lowest BCUT2D eigenvalue weighted by molar-refractivity contribution is 0.102. The Morgan fingerprint density at radius 2 is 1.95 bits per heavy atom. The lowest BCUT2D eigenvalue weighted by Gasteiger charge is -2.10. The Labute approximate surface area is 127 Å². The van der Waals surface area contributed by atoms with Crippen LogP contribution in [0.5, 0.6) is 0 Å². The number of nitrogens with one attached hydrogen (secondary N) is 1. The van der Waals surface area contributed by atoms with E-state index in [2.05, 4.69) is 31.1 Å². The van der Waals surface area contributed by atoms with E-state index in [4.69, 9.17) is 0 Å². The highest BCUT2D eigenvalue weighted by Gasteiger charge is 2.07. The maximum absolute atomic E-state index is 12.0. The minimum absolute atomic E-state index is 0.167. The Kier molecular flexibility index (Phi) is 4.87. The summed E-state index contributed by atoms with van der Waals surface area (Å²) < 4.78 is 0.784. The molecule has 2 rings (SSSR count). The van der Waals surface area contributed by atoms with Gasteiger partial charge in [0.2, 0.25) is 0 Å². The van der Waals surface area contributed by atoms with E-state index in [1.165, 1.54) is 5.56 Å². The predicted molar refractivity (Wildman–Crippen MR) is 83.7 cm³/mol. The monoisotopic (exact) mass is 333 g/mol. The number of rotatable bonds is 4. The molecule has 1 aromatic carbocycles. The fraction of sp³-hybridized carbons (Fsp3) is 0.200. The number of nitrogens with zero attached hydrogens (tertiary/aromatic N) is 2. The van der Waals surface area contributed by atoms with Gasteiger partial charge in [-0.2, -0.15) is 0 Å². The highest BCUT2D eigenvalue weighted by atomic mass is 79.9. The molecule has 104 valence electrons. The van der Waals surface area contributed by atoms with Gasteiger partial charge in [0.05, 0.1) is 5.56 Å². The molecule has 0 spiro atoms. The Morgan fingerprint density at radius 3 is 2.55 bits per heavy atom. The van der Waals surface area contributed by atoms with Gasteiger partial charge in [0, 0.05) is 29.1 Å². The van der Waals surface area contributed by atoms with Crippen molar-refractivity contribution < 1.29 is 4.79 Å². The molecule has 0 atom stereocenters. The van der Waals surface area contributed by atoms with E-state index >= 15 is 0 Å². The van der Waals surface area contributed by atoms with Crippen molar-refractivity contribution >= 4 is 27.5 Å². The molecule has 0 aliphatic carbocycles. The molecule has 2 aromatic rings. The molecule has 0 bridgehead atoms. The number of hydrogen-bond acceptors (Lipinski definition) is 3. The third kappa shape index (κ3) is 4.15. The number of anilines is 1. The second-order valence-corrected chi connectivity index (χ2v) is 5.70. The quantitative estimate of drug-likeness (QED) is 0.934. The fourth-order valence-corrected chi connectivity index (χ4v) is 2.16. The van der Waals surface area contributed by atoms with E-state index in [-0.39, 0.29) is 5.91 Å². The van der Waals surface area contributed by atoms with Crippen LogP contribution in [-0.2, 0) is 6.54 Å². The Hall–Kier alpha value is -1.72. The summed E-state index contributed by atoms with van der Waals surface area (Å²) in [5.41, 5.74) is 2.51. The van der Waals surface area contributed by atoms with Gasteiger partial charge in [-0.15, -0.1) is 0 Å². The zero-order valence-corrected chi connectivity index (χ0v) is 13.0. The predicted octanol–water partition coefficient (Wildman–Crippen LogP) is 3.16. The second-order valence-electron chi connectivity index (χ2n) is 4.78. The summed E-state index contributed by atoms with van der Waals surface area (Å²) in [4.78, 5) is 18.1. The van der Waals surface area contributed by atoms with Crippen molar-refractivity contribution in [2.24, 2.45) is 0 Å². The average Bonchev–Trinajstić information content (AvgIpc) is 2.40. The minimum atomic E-state index is -0.167. The number of pyridine rings is 1.